The highest BCUT2D eigenvalue weighted by molar-refractivity contribution is 8.18. The third-order valence-corrected chi connectivity index (χ3v) is 5.56. The monoisotopic (exact) mass is 458 g/mol. The zero-order valence-electron chi connectivity index (χ0n) is 15.1. The van der Waals surface area contributed by atoms with Crippen molar-refractivity contribution in [3.63, 3.8) is 0 Å². The van der Waals surface area contributed by atoms with Gasteiger partial charge in [0.25, 0.3) is 5.91 Å². The number of furan rings is 1. The lowest BCUT2D eigenvalue weighted by atomic mass is 10.2. The topological polar surface area (TPSA) is 91.9 Å². The number of thioether (sulfide) groups is 1. The zero-order valence-corrected chi connectivity index (χ0v) is 17.4. The van der Waals surface area contributed by atoms with Gasteiger partial charge in [0.15, 0.2) is 5.17 Å². The predicted octanol–water partition coefficient (Wildman–Crippen LogP) is 5.84. The van der Waals surface area contributed by atoms with Gasteiger partial charge in [-0.2, -0.15) is 0 Å². The van der Waals surface area contributed by atoms with Gasteiger partial charge < -0.3 is 14.8 Å². The Kier molecular flexibility index (Phi) is 5.67. The lowest BCUT2D eigenvalue weighted by Gasteiger charge is -2.01. The average Bonchev–Trinajstić information content (AvgIpc) is 3.31. The molecule has 6 nitrogen and oxygen atoms in total. The van der Waals surface area contributed by atoms with Crippen LogP contribution in [0.1, 0.15) is 16.1 Å². The van der Waals surface area contributed by atoms with E-state index < -0.39 is 5.97 Å². The average molecular weight is 459 g/mol. The molecule has 0 saturated carbocycles. The number of nitrogens with zero attached hydrogens (tertiary/aromatic N) is 1. The van der Waals surface area contributed by atoms with Crippen LogP contribution in [0.15, 0.2) is 68.9 Å². The van der Waals surface area contributed by atoms with Crippen LogP contribution in [0.3, 0.4) is 0 Å². The molecule has 3 aromatic rings. The molecule has 2 heterocycles. The summed E-state index contributed by atoms with van der Waals surface area (Å²) >= 11 is 13.4. The Balaban J connectivity index is 1.54. The maximum absolute atomic E-state index is 12.3. The fourth-order valence-electron chi connectivity index (χ4n) is 2.67. The number of aromatic carboxylic acids is 1. The molecular formula is C21H12Cl2N2O4S. The number of carboxylic acids is 1. The van der Waals surface area contributed by atoms with Gasteiger partial charge in [-0.3, -0.25) is 4.79 Å². The highest BCUT2D eigenvalue weighted by atomic mass is 35.5. The standard InChI is InChI=1S/C21H12Cl2N2O4S/c22-12-3-7-16(23)15(9-12)17-8-6-14(29-17)10-18-19(26)25-21(30-18)24-13-4-1-11(2-5-13)20(27)28/h1-10H,(H,27,28)(H,24,25,26)/b18-10-. The van der Waals surface area contributed by atoms with Crippen LogP contribution in [0.2, 0.25) is 10.0 Å². The van der Waals surface area contributed by atoms with Crippen LogP contribution in [0.5, 0.6) is 0 Å². The predicted molar refractivity (Wildman–Crippen MR) is 118 cm³/mol. The number of carboxylic acid groups (broad SMARTS) is 1. The van der Waals surface area contributed by atoms with E-state index in [1.807, 2.05) is 0 Å². The number of halogens is 2. The van der Waals surface area contributed by atoms with Gasteiger partial charge >= 0.3 is 5.97 Å². The summed E-state index contributed by atoms with van der Waals surface area (Å²) in [6.45, 7) is 0. The first-order valence-corrected chi connectivity index (χ1v) is 10.1. The van der Waals surface area contributed by atoms with E-state index in [9.17, 15) is 9.59 Å². The van der Waals surface area contributed by atoms with Crippen LogP contribution in [0.4, 0.5) is 5.69 Å². The molecule has 30 heavy (non-hydrogen) atoms. The van der Waals surface area contributed by atoms with Crippen molar-refractivity contribution in [1.82, 2.24) is 5.32 Å². The lowest BCUT2D eigenvalue weighted by molar-refractivity contribution is -0.115. The number of amides is 1. The highest BCUT2D eigenvalue weighted by Gasteiger charge is 2.24. The number of amidine groups is 1. The first-order chi connectivity index (χ1) is 14.4. The second-order valence-electron chi connectivity index (χ2n) is 6.16. The number of carbonyl (C=O) groups is 2. The molecule has 0 unspecified atom stereocenters. The third-order valence-electron chi connectivity index (χ3n) is 4.09. The van der Waals surface area contributed by atoms with Crippen LogP contribution < -0.4 is 5.32 Å². The molecule has 0 aliphatic carbocycles. The summed E-state index contributed by atoms with van der Waals surface area (Å²) < 4.78 is 5.80. The number of rotatable bonds is 4. The van der Waals surface area contributed by atoms with E-state index in [0.29, 0.717) is 42.9 Å². The molecular weight excluding hydrogens is 447 g/mol. The molecule has 1 fully saturated rings. The van der Waals surface area contributed by atoms with Crippen molar-refractivity contribution in [2.24, 2.45) is 4.99 Å². The number of benzene rings is 2. The van der Waals surface area contributed by atoms with Gasteiger partial charge in [0.1, 0.15) is 11.5 Å². The first kappa shape index (κ1) is 20.3. The largest absolute Gasteiger partial charge is 0.478 e. The fraction of sp³-hybridized carbons (Fsp3) is 0. The Hall–Kier alpha value is -3.00. The molecule has 1 aliphatic rings. The summed E-state index contributed by atoms with van der Waals surface area (Å²) in [5.74, 6) is -0.310. The summed E-state index contributed by atoms with van der Waals surface area (Å²) in [6, 6.07) is 14.6. The van der Waals surface area contributed by atoms with Gasteiger partial charge in [0.2, 0.25) is 0 Å². The zero-order chi connectivity index (χ0) is 21.3. The SMILES string of the molecule is O=C1NC(=Nc2ccc(C(=O)O)cc2)S/C1=C\c1ccc(-c2cc(Cl)ccc2Cl)o1. The van der Waals surface area contributed by atoms with Crippen LogP contribution >= 0.6 is 35.0 Å². The van der Waals surface area contributed by atoms with Crippen LogP contribution in [-0.4, -0.2) is 22.2 Å². The smallest absolute Gasteiger partial charge is 0.335 e. The minimum Gasteiger partial charge on any atom is -0.478 e. The third kappa shape index (κ3) is 4.43. The Labute approximate surface area is 185 Å². The van der Waals surface area contributed by atoms with E-state index in [1.54, 1.807) is 48.5 Å². The minimum atomic E-state index is -1.01. The summed E-state index contributed by atoms with van der Waals surface area (Å²) in [5.41, 5.74) is 1.35. The molecule has 1 saturated heterocycles. The number of hydrogen-bond donors (Lipinski definition) is 2. The Morgan fingerprint density at radius 2 is 1.87 bits per heavy atom. The Morgan fingerprint density at radius 3 is 2.60 bits per heavy atom. The van der Waals surface area contributed by atoms with E-state index in [2.05, 4.69) is 10.3 Å². The van der Waals surface area contributed by atoms with Crippen LogP contribution in [0, 0.1) is 0 Å². The first-order valence-electron chi connectivity index (χ1n) is 8.57. The molecule has 2 aromatic carbocycles. The van der Waals surface area contributed by atoms with E-state index in [-0.39, 0.29) is 11.5 Å². The summed E-state index contributed by atoms with van der Waals surface area (Å²) in [4.78, 5) is 27.9. The van der Waals surface area contributed by atoms with Gasteiger partial charge in [0.05, 0.1) is 21.2 Å². The van der Waals surface area contributed by atoms with Crippen LogP contribution in [-0.2, 0) is 4.79 Å². The molecule has 1 aliphatic heterocycles. The lowest BCUT2D eigenvalue weighted by Crippen LogP contribution is -2.19. The molecule has 0 radical (unpaired) electrons. The van der Waals surface area contributed by atoms with Crippen molar-refractivity contribution in [3.05, 3.63) is 80.9 Å². The van der Waals surface area contributed by atoms with E-state index in [0.717, 1.165) is 11.8 Å². The van der Waals surface area contributed by atoms with Gasteiger partial charge in [-0.1, -0.05) is 23.2 Å². The molecule has 0 atom stereocenters. The second-order valence-corrected chi connectivity index (χ2v) is 8.03. The maximum atomic E-state index is 12.3. The highest BCUT2D eigenvalue weighted by Crippen LogP contribution is 2.34. The normalized spacial score (nSPS) is 16.3. The van der Waals surface area contributed by atoms with E-state index >= 15 is 0 Å². The maximum Gasteiger partial charge on any atom is 0.335 e. The molecule has 0 spiro atoms. The van der Waals surface area contributed by atoms with Gasteiger partial charge in [-0.15, -0.1) is 0 Å². The van der Waals surface area contributed by atoms with Crippen molar-refractivity contribution in [3.8, 4) is 11.3 Å². The number of nitrogens with one attached hydrogen (secondary N) is 1. The quantitative estimate of drug-likeness (QED) is 0.478. The molecule has 4 rings (SSSR count). The molecule has 1 aromatic heterocycles. The van der Waals surface area contributed by atoms with Gasteiger partial charge in [-0.05, 0) is 66.4 Å². The summed E-state index contributed by atoms with van der Waals surface area (Å²) in [7, 11) is 0. The molecule has 0 bridgehead atoms. The Bertz CT molecular complexity index is 1220. The van der Waals surface area contributed by atoms with Crippen molar-refractivity contribution < 1.29 is 19.1 Å². The molecule has 2 N–H and O–H groups in total. The van der Waals surface area contributed by atoms with E-state index in [4.69, 9.17) is 32.7 Å². The summed E-state index contributed by atoms with van der Waals surface area (Å²) in [5, 5.41) is 13.0. The Morgan fingerprint density at radius 1 is 1.10 bits per heavy atom. The molecule has 150 valence electrons. The van der Waals surface area contributed by atoms with Crippen molar-refractivity contribution in [2.75, 3.05) is 0 Å². The minimum absolute atomic E-state index is 0.163. The van der Waals surface area contributed by atoms with Gasteiger partial charge in [-0.25, -0.2) is 9.79 Å². The molecule has 1 amide bonds. The fourth-order valence-corrected chi connectivity index (χ4v) is 3.87. The van der Waals surface area contributed by atoms with Crippen molar-refractivity contribution in [1.29, 1.82) is 0 Å². The second kappa shape index (κ2) is 8.39. The number of aliphatic imine (C=N–C) groups is 1. The number of carbonyl (C=O) groups excluding carboxylic acids is 1. The van der Waals surface area contributed by atoms with Gasteiger partial charge in [0, 0.05) is 16.7 Å². The van der Waals surface area contributed by atoms with Crippen molar-refractivity contribution in [2.45, 2.75) is 0 Å². The summed E-state index contributed by atoms with van der Waals surface area (Å²) in [6.07, 6.45) is 1.61. The van der Waals surface area contributed by atoms with Crippen molar-refractivity contribution >= 4 is 63.8 Å². The van der Waals surface area contributed by atoms with E-state index in [1.165, 1.54) is 12.1 Å². The molecule has 9 heteroatoms. The number of hydrogen-bond acceptors (Lipinski definition) is 5. The van der Waals surface area contributed by atoms with Crippen LogP contribution in [0.25, 0.3) is 17.4 Å².